The summed E-state index contributed by atoms with van der Waals surface area (Å²) in [6.45, 7) is 7.63. The summed E-state index contributed by atoms with van der Waals surface area (Å²) in [5, 5.41) is 0. The summed E-state index contributed by atoms with van der Waals surface area (Å²) in [5.41, 5.74) is 2.19. The van der Waals surface area contributed by atoms with Crippen molar-refractivity contribution in [3.05, 3.63) is 71.8 Å². The van der Waals surface area contributed by atoms with Crippen LogP contribution >= 0.6 is 0 Å². The number of rotatable bonds is 6. The summed E-state index contributed by atoms with van der Waals surface area (Å²) in [6, 6.07) is 19.3. The molecule has 0 spiro atoms. The first-order valence-corrected chi connectivity index (χ1v) is 9.40. The quantitative estimate of drug-likeness (QED) is 0.433. The number of carbonyl (C=O) groups is 1. The fraction of sp³-hybridized carbons (Fsp3) is 0.391. The molecule has 1 saturated heterocycles. The molecule has 4 heteroatoms. The van der Waals surface area contributed by atoms with Crippen molar-refractivity contribution < 1.29 is 14.3 Å². The number of nitrogens with zero attached hydrogens (tertiary/aromatic N) is 1. The fourth-order valence-electron chi connectivity index (χ4n) is 2.93. The SMILES string of the molecule is C[C@H]1O[C@@H]1C[C@@H](N=C(c1ccccc1)c1ccccc1)C(=O)OC(C)(C)C. The summed E-state index contributed by atoms with van der Waals surface area (Å²) >= 11 is 0. The first kappa shape index (κ1) is 19.3. The van der Waals surface area contributed by atoms with E-state index in [2.05, 4.69) is 0 Å². The van der Waals surface area contributed by atoms with E-state index in [0.717, 1.165) is 16.8 Å². The van der Waals surface area contributed by atoms with Crippen molar-refractivity contribution in [2.24, 2.45) is 4.99 Å². The Labute approximate surface area is 161 Å². The molecule has 0 aromatic heterocycles. The molecule has 3 atom stereocenters. The van der Waals surface area contributed by atoms with Crippen LogP contribution in [-0.4, -0.2) is 35.5 Å². The molecule has 142 valence electrons. The minimum Gasteiger partial charge on any atom is -0.458 e. The molecular formula is C23H27NO3. The molecule has 0 N–H and O–H groups in total. The molecule has 1 fully saturated rings. The number of aliphatic imine (C=N–C) groups is 1. The molecule has 0 saturated carbocycles. The van der Waals surface area contributed by atoms with E-state index in [1.54, 1.807) is 0 Å². The van der Waals surface area contributed by atoms with E-state index in [0.29, 0.717) is 6.42 Å². The van der Waals surface area contributed by atoms with Gasteiger partial charge in [-0.2, -0.15) is 0 Å². The van der Waals surface area contributed by atoms with Gasteiger partial charge in [-0.3, -0.25) is 4.99 Å². The highest BCUT2D eigenvalue weighted by Gasteiger charge is 2.39. The number of esters is 1. The van der Waals surface area contributed by atoms with Crippen molar-refractivity contribution in [2.45, 2.75) is 58.0 Å². The molecule has 2 aromatic rings. The Morgan fingerprint density at radius 2 is 1.52 bits per heavy atom. The second-order valence-corrected chi connectivity index (χ2v) is 7.87. The summed E-state index contributed by atoms with van der Waals surface area (Å²) in [4.78, 5) is 17.7. The van der Waals surface area contributed by atoms with Crippen LogP contribution in [0.4, 0.5) is 0 Å². The van der Waals surface area contributed by atoms with Crippen LogP contribution in [0.3, 0.4) is 0 Å². The molecule has 0 bridgehead atoms. The summed E-state index contributed by atoms with van der Waals surface area (Å²) in [6.07, 6.45) is 0.750. The van der Waals surface area contributed by atoms with Crippen LogP contribution in [0, 0.1) is 0 Å². The first-order chi connectivity index (χ1) is 12.8. The number of ether oxygens (including phenoxy) is 2. The van der Waals surface area contributed by atoms with E-state index in [1.807, 2.05) is 88.4 Å². The minimum atomic E-state index is -0.602. The normalized spacial score (nSPS) is 19.9. The zero-order valence-corrected chi connectivity index (χ0v) is 16.4. The smallest absolute Gasteiger partial charge is 0.331 e. The zero-order chi connectivity index (χ0) is 19.4. The standard InChI is InChI=1S/C23H27NO3/c1-16-20(26-16)15-19(22(25)27-23(2,3)4)24-21(17-11-7-5-8-12-17)18-13-9-6-10-14-18/h5-14,16,19-20H,15H2,1-4H3/t16-,19-,20-/m1/s1. The van der Waals surface area contributed by atoms with E-state index in [9.17, 15) is 4.79 Å². The largest absolute Gasteiger partial charge is 0.458 e. The maximum atomic E-state index is 12.8. The number of hydrogen-bond acceptors (Lipinski definition) is 4. The Balaban J connectivity index is 1.98. The molecular weight excluding hydrogens is 338 g/mol. The highest BCUT2D eigenvalue weighted by atomic mass is 16.6. The molecule has 0 unspecified atom stereocenters. The number of benzene rings is 2. The van der Waals surface area contributed by atoms with Gasteiger partial charge in [-0.1, -0.05) is 60.7 Å². The van der Waals surface area contributed by atoms with Gasteiger partial charge in [-0.15, -0.1) is 0 Å². The fourth-order valence-corrected chi connectivity index (χ4v) is 2.93. The van der Waals surface area contributed by atoms with Gasteiger partial charge < -0.3 is 9.47 Å². The maximum absolute atomic E-state index is 12.8. The summed E-state index contributed by atoms with van der Waals surface area (Å²) < 4.78 is 11.2. The second kappa shape index (κ2) is 8.05. The Hall–Kier alpha value is -2.46. The van der Waals surface area contributed by atoms with Crippen LogP contribution in [0.25, 0.3) is 0 Å². The van der Waals surface area contributed by atoms with Gasteiger partial charge in [-0.05, 0) is 27.7 Å². The molecule has 2 aromatic carbocycles. The lowest BCUT2D eigenvalue weighted by Gasteiger charge is -2.23. The van der Waals surface area contributed by atoms with E-state index >= 15 is 0 Å². The molecule has 1 heterocycles. The Bertz CT molecular complexity index is 752. The molecule has 0 amide bonds. The summed E-state index contributed by atoms with van der Waals surface area (Å²) in [5.74, 6) is -0.311. The van der Waals surface area contributed by atoms with Gasteiger partial charge >= 0.3 is 5.97 Å². The van der Waals surface area contributed by atoms with E-state index in [1.165, 1.54) is 0 Å². The van der Waals surface area contributed by atoms with Crippen molar-refractivity contribution >= 4 is 11.7 Å². The lowest BCUT2D eigenvalue weighted by Crippen LogP contribution is -2.32. The van der Waals surface area contributed by atoms with Gasteiger partial charge in [0.05, 0.1) is 17.9 Å². The van der Waals surface area contributed by atoms with Crippen molar-refractivity contribution in [3.8, 4) is 0 Å². The molecule has 0 aliphatic carbocycles. The molecule has 27 heavy (non-hydrogen) atoms. The average Bonchev–Trinajstić information content (AvgIpc) is 3.33. The highest BCUT2D eigenvalue weighted by Crippen LogP contribution is 2.28. The lowest BCUT2D eigenvalue weighted by atomic mass is 10.0. The third-order valence-electron chi connectivity index (χ3n) is 4.35. The minimum absolute atomic E-state index is 0.0547. The number of carbonyl (C=O) groups excluding carboxylic acids is 1. The Kier molecular flexibility index (Phi) is 5.76. The molecule has 4 nitrogen and oxygen atoms in total. The van der Waals surface area contributed by atoms with Gasteiger partial charge in [0.2, 0.25) is 0 Å². The third-order valence-corrected chi connectivity index (χ3v) is 4.35. The molecule has 0 radical (unpaired) electrons. The van der Waals surface area contributed by atoms with E-state index < -0.39 is 11.6 Å². The first-order valence-electron chi connectivity index (χ1n) is 9.40. The number of epoxide rings is 1. The predicted octanol–water partition coefficient (Wildman–Crippen LogP) is 4.41. The van der Waals surface area contributed by atoms with Crippen molar-refractivity contribution in [2.75, 3.05) is 0 Å². The van der Waals surface area contributed by atoms with Gasteiger partial charge in [-0.25, -0.2) is 4.79 Å². The van der Waals surface area contributed by atoms with Crippen LogP contribution in [0.5, 0.6) is 0 Å². The molecule has 1 aliphatic rings. The van der Waals surface area contributed by atoms with Gasteiger partial charge in [0, 0.05) is 17.5 Å². The van der Waals surface area contributed by atoms with Gasteiger partial charge in [0.25, 0.3) is 0 Å². The van der Waals surface area contributed by atoms with Crippen molar-refractivity contribution in [3.63, 3.8) is 0 Å². The second-order valence-electron chi connectivity index (χ2n) is 7.87. The lowest BCUT2D eigenvalue weighted by molar-refractivity contribution is -0.156. The highest BCUT2D eigenvalue weighted by molar-refractivity contribution is 6.13. The van der Waals surface area contributed by atoms with Crippen LogP contribution in [0.2, 0.25) is 0 Å². The number of hydrogen-bond donors (Lipinski definition) is 0. The average molecular weight is 365 g/mol. The Morgan fingerprint density at radius 3 is 1.93 bits per heavy atom. The zero-order valence-electron chi connectivity index (χ0n) is 16.4. The maximum Gasteiger partial charge on any atom is 0.331 e. The van der Waals surface area contributed by atoms with E-state index in [-0.39, 0.29) is 18.2 Å². The van der Waals surface area contributed by atoms with E-state index in [4.69, 9.17) is 14.5 Å². The molecule has 1 aliphatic heterocycles. The van der Waals surface area contributed by atoms with Crippen LogP contribution in [-0.2, 0) is 14.3 Å². The van der Waals surface area contributed by atoms with Crippen LogP contribution in [0.1, 0.15) is 45.2 Å². The van der Waals surface area contributed by atoms with Gasteiger partial charge in [0.15, 0.2) is 6.04 Å². The topological polar surface area (TPSA) is 51.2 Å². The monoisotopic (exact) mass is 365 g/mol. The predicted molar refractivity (Wildman–Crippen MR) is 107 cm³/mol. The van der Waals surface area contributed by atoms with Gasteiger partial charge in [0.1, 0.15) is 5.60 Å². The summed E-state index contributed by atoms with van der Waals surface area (Å²) in [7, 11) is 0. The molecule has 3 rings (SSSR count). The van der Waals surface area contributed by atoms with Crippen LogP contribution < -0.4 is 0 Å². The van der Waals surface area contributed by atoms with Crippen LogP contribution in [0.15, 0.2) is 65.7 Å². The third kappa shape index (κ3) is 5.51. The van der Waals surface area contributed by atoms with Crippen molar-refractivity contribution in [1.82, 2.24) is 0 Å². The van der Waals surface area contributed by atoms with Crippen molar-refractivity contribution in [1.29, 1.82) is 0 Å². The Morgan fingerprint density at radius 1 is 1.04 bits per heavy atom.